The number of nitrogens with zero attached hydrogens (tertiary/aromatic N) is 2. The van der Waals surface area contributed by atoms with Gasteiger partial charge in [-0.15, -0.1) is 0 Å². The Morgan fingerprint density at radius 3 is 2.16 bits per heavy atom. The van der Waals surface area contributed by atoms with Gasteiger partial charge in [0.25, 0.3) is 5.91 Å². The van der Waals surface area contributed by atoms with Crippen LogP contribution in [-0.2, 0) is 0 Å². The standard InChI is InChI=1S/C27H27F4N5OS/c1-16-23(30)20(15-22(29)24(16)36-13-11-35(2)12-14-36)25(31)34-27(38)33-18-9-7-17(8-10-18)32-26(37)19-5-3-4-6-21(19)28/h3-10,15,25H,11-14H2,1-2H3,(H,32,37)(H2,33,34,38). The number of alkyl halides is 1. The zero-order valence-corrected chi connectivity index (χ0v) is 21.6. The molecular weight excluding hydrogens is 518 g/mol. The van der Waals surface area contributed by atoms with Crippen molar-refractivity contribution in [2.75, 3.05) is 48.8 Å². The normalized spacial score (nSPS) is 14.6. The third-order valence-corrected chi connectivity index (χ3v) is 6.54. The summed E-state index contributed by atoms with van der Waals surface area (Å²) >= 11 is 5.14. The minimum absolute atomic E-state index is 0.0425. The van der Waals surface area contributed by atoms with Crippen LogP contribution in [0.1, 0.15) is 27.8 Å². The van der Waals surface area contributed by atoms with E-state index in [1.807, 2.05) is 7.05 Å². The lowest BCUT2D eigenvalue weighted by Crippen LogP contribution is -2.45. The topological polar surface area (TPSA) is 59.6 Å². The second-order valence-electron chi connectivity index (χ2n) is 9.00. The van der Waals surface area contributed by atoms with Gasteiger partial charge in [-0.25, -0.2) is 17.6 Å². The molecule has 1 amide bonds. The Balaban J connectivity index is 1.37. The molecule has 4 rings (SSSR count). The summed E-state index contributed by atoms with van der Waals surface area (Å²) < 4.78 is 58.8. The fourth-order valence-corrected chi connectivity index (χ4v) is 4.43. The Hall–Kier alpha value is -3.70. The average Bonchev–Trinajstić information content (AvgIpc) is 2.88. The lowest BCUT2D eigenvalue weighted by Gasteiger charge is -2.35. The summed E-state index contributed by atoms with van der Waals surface area (Å²) in [6, 6.07) is 12.7. The first-order valence-electron chi connectivity index (χ1n) is 11.9. The number of hydrogen-bond donors (Lipinski definition) is 3. The molecule has 0 aliphatic carbocycles. The van der Waals surface area contributed by atoms with Crippen molar-refractivity contribution in [1.82, 2.24) is 10.2 Å². The van der Waals surface area contributed by atoms with E-state index in [1.165, 1.54) is 25.1 Å². The number of amides is 1. The number of rotatable bonds is 6. The molecule has 3 aromatic rings. The van der Waals surface area contributed by atoms with Gasteiger partial charge in [0.1, 0.15) is 17.5 Å². The summed E-state index contributed by atoms with van der Waals surface area (Å²) in [6.07, 6.45) is -2.09. The van der Waals surface area contributed by atoms with Gasteiger partial charge in [0.2, 0.25) is 6.30 Å². The van der Waals surface area contributed by atoms with E-state index in [1.54, 1.807) is 35.2 Å². The van der Waals surface area contributed by atoms with Crippen LogP contribution in [0.4, 0.5) is 34.6 Å². The Labute approximate surface area is 223 Å². The van der Waals surface area contributed by atoms with Crippen LogP contribution in [0.15, 0.2) is 54.6 Å². The Morgan fingerprint density at radius 2 is 1.53 bits per heavy atom. The first-order valence-corrected chi connectivity index (χ1v) is 12.3. The second kappa shape index (κ2) is 11.8. The van der Waals surface area contributed by atoms with Gasteiger partial charge >= 0.3 is 0 Å². The van der Waals surface area contributed by atoms with Crippen LogP contribution in [0.2, 0.25) is 0 Å². The van der Waals surface area contributed by atoms with Gasteiger partial charge in [-0.3, -0.25) is 4.79 Å². The Morgan fingerprint density at radius 1 is 0.921 bits per heavy atom. The molecule has 1 unspecified atom stereocenters. The molecule has 1 aliphatic heterocycles. The van der Waals surface area contributed by atoms with E-state index in [4.69, 9.17) is 12.2 Å². The number of likely N-dealkylation sites (N-methyl/N-ethyl adjacent to an activating group) is 1. The van der Waals surface area contributed by atoms with Gasteiger partial charge in [-0.05, 0) is 68.7 Å². The van der Waals surface area contributed by atoms with Crippen LogP contribution in [0.5, 0.6) is 0 Å². The molecule has 0 aromatic heterocycles. The lowest BCUT2D eigenvalue weighted by atomic mass is 10.0. The van der Waals surface area contributed by atoms with Crippen molar-refractivity contribution in [2.24, 2.45) is 0 Å². The fourth-order valence-electron chi connectivity index (χ4n) is 4.21. The van der Waals surface area contributed by atoms with Crippen molar-refractivity contribution in [1.29, 1.82) is 0 Å². The van der Waals surface area contributed by atoms with Crippen molar-refractivity contribution in [3.63, 3.8) is 0 Å². The molecule has 11 heteroatoms. The van der Waals surface area contributed by atoms with E-state index in [0.717, 1.165) is 6.07 Å². The summed E-state index contributed by atoms with van der Waals surface area (Å²) in [5, 5.41) is 7.52. The summed E-state index contributed by atoms with van der Waals surface area (Å²) in [5.74, 6) is -2.77. The van der Waals surface area contributed by atoms with Crippen LogP contribution in [0, 0.1) is 24.4 Å². The summed E-state index contributed by atoms with van der Waals surface area (Å²) in [4.78, 5) is 16.1. The number of piperazine rings is 1. The van der Waals surface area contributed by atoms with Crippen LogP contribution >= 0.6 is 12.2 Å². The molecule has 1 saturated heterocycles. The molecule has 3 aromatic carbocycles. The van der Waals surface area contributed by atoms with Crippen LogP contribution in [0.3, 0.4) is 0 Å². The van der Waals surface area contributed by atoms with E-state index in [0.29, 0.717) is 37.6 Å². The molecule has 38 heavy (non-hydrogen) atoms. The second-order valence-corrected chi connectivity index (χ2v) is 9.41. The predicted octanol–water partition coefficient (Wildman–Crippen LogP) is 5.37. The van der Waals surface area contributed by atoms with Gasteiger partial charge in [0, 0.05) is 48.7 Å². The Bertz CT molecular complexity index is 1330. The van der Waals surface area contributed by atoms with E-state index in [9.17, 15) is 18.0 Å². The predicted molar refractivity (Wildman–Crippen MR) is 145 cm³/mol. The highest BCUT2D eigenvalue weighted by Crippen LogP contribution is 2.32. The molecule has 6 nitrogen and oxygen atoms in total. The highest BCUT2D eigenvalue weighted by molar-refractivity contribution is 7.80. The molecule has 200 valence electrons. The maximum Gasteiger partial charge on any atom is 0.258 e. The number of halogens is 4. The van der Waals surface area contributed by atoms with Crippen LogP contribution < -0.4 is 20.9 Å². The zero-order chi connectivity index (χ0) is 27.4. The number of anilines is 3. The average molecular weight is 546 g/mol. The maximum atomic E-state index is 15.1. The monoisotopic (exact) mass is 545 g/mol. The molecule has 3 N–H and O–H groups in total. The van der Waals surface area contributed by atoms with Crippen molar-refractivity contribution < 1.29 is 22.4 Å². The van der Waals surface area contributed by atoms with Crippen molar-refractivity contribution in [3.05, 3.63) is 88.7 Å². The number of thiocarbonyl (C=S) groups is 1. The molecule has 0 radical (unpaired) electrons. The quantitative estimate of drug-likeness (QED) is 0.220. The molecule has 1 fully saturated rings. The molecule has 0 saturated carbocycles. The highest BCUT2D eigenvalue weighted by atomic mass is 32.1. The molecule has 1 aliphatic rings. The molecule has 0 bridgehead atoms. The highest BCUT2D eigenvalue weighted by Gasteiger charge is 2.26. The van der Waals surface area contributed by atoms with E-state index >= 15 is 4.39 Å². The largest absolute Gasteiger partial charge is 0.366 e. The van der Waals surface area contributed by atoms with Crippen LogP contribution in [-0.4, -0.2) is 49.1 Å². The number of carbonyl (C=O) groups is 1. The minimum Gasteiger partial charge on any atom is -0.366 e. The molecule has 1 heterocycles. The fraction of sp³-hybridized carbons (Fsp3) is 0.259. The van der Waals surface area contributed by atoms with Crippen molar-refractivity contribution in [2.45, 2.75) is 13.2 Å². The van der Waals surface area contributed by atoms with E-state index in [2.05, 4.69) is 20.9 Å². The van der Waals surface area contributed by atoms with E-state index < -0.39 is 35.2 Å². The molecule has 0 spiro atoms. The number of hydrogen-bond acceptors (Lipinski definition) is 4. The van der Waals surface area contributed by atoms with E-state index in [-0.39, 0.29) is 21.9 Å². The summed E-state index contributed by atoms with van der Waals surface area (Å²) in [7, 11) is 1.96. The SMILES string of the molecule is Cc1c(F)c(C(F)NC(=S)Nc2ccc(NC(=O)c3ccccc3F)cc2)cc(F)c1N1CCN(C)CC1. The maximum absolute atomic E-state index is 15.1. The van der Waals surface area contributed by atoms with Crippen LogP contribution in [0.25, 0.3) is 0 Å². The minimum atomic E-state index is -2.09. The van der Waals surface area contributed by atoms with Gasteiger partial charge < -0.3 is 25.8 Å². The molecule has 1 atom stereocenters. The first-order chi connectivity index (χ1) is 18.1. The Kier molecular flexibility index (Phi) is 8.48. The van der Waals surface area contributed by atoms with Gasteiger partial charge in [-0.1, -0.05) is 12.1 Å². The zero-order valence-electron chi connectivity index (χ0n) is 20.8. The number of benzene rings is 3. The molecular formula is C27H27F4N5OS. The summed E-state index contributed by atoms with van der Waals surface area (Å²) in [6.45, 7) is 3.96. The summed E-state index contributed by atoms with van der Waals surface area (Å²) in [5.41, 5.74) is 0.472. The van der Waals surface area contributed by atoms with Gasteiger partial charge in [0.15, 0.2) is 5.11 Å². The van der Waals surface area contributed by atoms with Gasteiger partial charge in [0.05, 0.1) is 11.3 Å². The number of carbonyl (C=O) groups excluding carboxylic acids is 1. The lowest BCUT2D eigenvalue weighted by molar-refractivity contribution is 0.102. The number of nitrogens with one attached hydrogen (secondary N) is 3. The first kappa shape index (κ1) is 27.3. The third kappa shape index (κ3) is 6.22. The van der Waals surface area contributed by atoms with Gasteiger partial charge in [-0.2, -0.15) is 0 Å². The third-order valence-electron chi connectivity index (χ3n) is 6.32. The van der Waals surface area contributed by atoms with Crippen molar-refractivity contribution >= 4 is 40.3 Å². The van der Waals surface area contributed by atoms with Crippen molar-refractivity contribution in [3.8, 4) is 0 Å². The smallest absolute Gasteiger partial charge is 0.258 e.